The van der Waals surface area contributed by atoms with Crippen LogP contribution in [0.3, 0.4) is 0 Å². The fraction of sp³-hybridized carbons (Fsp3) is 0.769. The SMILES string of the molecule is CC1CCC(=O)C2=C1CCCCCC2. The Morgan fingerprint density at radius 3 is 2.50 bits per heavy atom. The molecule has 0 saturated heterocycles. The van der Waals surface area contributed by atoms with Crippen LogP contribution in [0.15, 0.2) is 11.1 Å². The van der Waals surface area contributed by atoms with Crippen LogP contribution in [-0.2, 0) is 4.79 Å². The molecule has 0 amide bonds. The zero-order chi connectivity index (χ0) is 9.97. The summed E-state index contributed by atoms with van der Waals surface area (Å²) in [5.74, 6) is 1.14. The molecule has 0 aromatic heterocycles. The first-order valence-electron chi connectivity index (χ1n) is 6.04. The van der Waals surface area contributed by atoms with Gasteiger partial charge in [-0.3, -0.25) is 4.79 Å². The Morgan fingerprint density at radius 1 is 1.00 bits per heavy atom. The maximum absolute atomic E-state index is 11.8. The molecule has 2 rings (SSSR count). The molecule has 14 heavy (non-hydrogen) atoms. The fourth-order valence-corrected chi connectivity index (χ4v) is 2.82. The van der Waals surface area contributed by atoms with E-state index in [0.717, 1.165) is 19.3 Å². The second-order valence-corrected chi connectivity index (χ2v) is 4.78. The van der Waals surface area contributed by atoms with Gasteiger partial charge in [-0.05, 0) is 43.6 Å². The normalized spacial score (nSPS) is 29.5. The Morgan fingerprint density at radius 2 is 1.71 bits per heavy atom. The molecule has 1 unspecified atom stereocenters. The number of rotatable bonds is 0. The van der Waals surface area contributed by atoms with Gasteiger partial charge in [0, 0.05) is 6.42 Å². The highest BCUT2D eigenvalue weighted by molar-refractivity contribution is 5.97. The minimum atomic E-state index is 0.458. The lowest BCUT2D eigenvalue weighted by Gasteiger charge is -2.27. The maximum atomic E-state index is 11.8. The number of hydrogen-bond acceptors (Lipinski definition) is 1. The first kappa shape index (κ1) is 9.95. The zero-order valence-corrected chi connectivity index (χ0v) is 9.14. The Bertz CT molecular complexity index is 262. The van der Waals surface area contributed by atoms with Gasteiger partial charge in [0.2, 0.25) is 0 Å². The number of carbonyl (C=O) groups is 1. The lowest BCUT2D eigenvalue weighted by molar-refractivity contribution is -0.116. The van der Waals surface area contributed by atoms with E-state index in [0.29, 0.717) is 11.7 Å². The first-order chi connectivity index (χ1) is 6.79. The summed E-state index contributed by atoms with van der Waals surface area (Å²) < 4.78 is 0. The van der Waals surface area contributed by atoms with Crippen LogP contribution in [0, 0.1) is 5.92 Å². The molecular weight excluding hydrogens is 172 g/mol. The van der Waals surface area contributed by atoms with Gasteiger partial charge in [0.25, 0.3) is 0 Å². The zero-order valence-electron chi connectivity index (χ0n) is 9.14. The molecule has 0 radical (unpaired) electrons. The first-order valence-corrected chi connectivity index (χ1v) is 6.04. The summed E-state index contributed by atoms with van der Waals surface area (Å²) >= 11 is 0. The predicted molar refractivity (Wildman–Crippen MR) is 58.1 cm³/mol. The van der Waals surface area contributed by atoms with Crippen molar-refractivity contribution in [3.8, 4) is 0 Å². The molecule has 1 heteroatoms. The highest BCUT2D eigenvalue weighted by atomic mass is 16.1. The molecule has 0 aromatic rings. The van der Waals surface area contributed by atoms with Gasteiger partial charge in [-0.1, -0.05) is 25.3 Å². The van der Waals surface area contributed by atoms with Crippen molar-refractivity contribution in [2.24, 2.45) is 5.92 Å². The van der Waals surface area contributed by atoms with Gasteiger partial charge < -0.3 is 0 Å². The summed E-state index contributed by atoms with van der Waals surface area (Å²) in [6.45, 7) is 2.30. The molecule has 0 N–H and O–H groups in total. The van der Waals surface area contributed by atoms with Crippen LogP contribution >= 0.6 is 0 Å². The van der Waals surface area contributed by atoms with Crippen LogP contribution in [0.1, 0.15) is 58.3 Å². The molecule has 78 valence electrons. The lowest BCUT2D eigenvalue weighted by atomic mass is 9.78. The largest absolute Gasteiger partial charge is 0.295 e. The van der Waals surface area contributed by atoms with E-state index >= 15 is 0 Å². The molecule has 2 aliphatic carbocycles. The van der Waals surface area contributed by atoms with Gasteiger partial charge in [-0.2, -0.15) is 0 Å². The van der Waals surface area contributed by atoms with Crippen molar-refractivity contribution in [1.82, 2.24) is 0 Å². The fourth-order valence-electron chi connectivity index (χ4n) is 2.82. The predicted octanol–water partition coefficient (Wildman–Crippen LogP) is 3.64. The van der Waals surface area contributed by atoms with Crippen LogP contribution in [0.4, 0.5) is 0 Å². The van der Waals surface area contributed by atoms with Gasteiger partial charge in [0.05, 0.1) is 0 Å². The molecule has 0 heterocycles. The van der Waals surface area contributed by atoms with E-state index in [4.69, 9.17) is 0 Å². The van der Waals surface area contributed by atoms with Crippen molar-refractivity contribution < 1.29 is 4.79 Å². The Labute approximate surface area is 86.6 Å². The number of carbonyl (C=O) groups excluding carboxylic acids is 1. The summed E-state index contributed by atoms with van der Waals surface area (Å²) in [5.41, 5.74) is 2.74. The Hall–Kier alpha value is -0.590. The van der Waals surface area contributed by atoms with Crippen molar-refractivity contribution in [2.45, 2.75) is 58.3 Å². The van der Waals surface area contributed by atoms with Crippen molar-refractivity contribution in [2.75, 3.05) is 0 Å². The summed E-state index contributed by atoms with van der Waals surface area (Å²) in [6.07, 6.45) is 9.38. The van der Waals surface area contributed by atoms with E-state index in [1.54, 1.807) is 0 Å². The molecule has 2 aliphatic rings. The van der Waals surface area contributed by atoms with Crippen LogP contribution < -0.4 is 0 Å². The molecule has 0 fully saturated rings. The van der Waals surface area contributed by atoms with Crippen LogP contribution in [0.25, 0.3) is 0 Å². The average Bonchev–Trinajstić information content (AvgIpc) is 2.11. The third-order valence-electron chi connectivity index (χ3n) is 3.75. The van der Waals surface area contributed by atoms with E-state index < -0.39 is 0 Å². The summed E-state index contributed by atoms with van der Waals surface area (Å²) in [6, 6.07) is 0. The second-order valence-electron chi connectivity index (χ2n) is 4.78. The minimum absolute atomic E-state index is 0.458. The van der Waals surface area contributed by atoms with Crippen LogP contribution in [0.5, 0.6) is 0 Å². The lowest BCUT2D eigenvalue weighted by Crippen LogP contribution is -2.19. The highest BCUT2D eigenvalue weighted by Crippen LogP contribution is 2.35. The number of hydrogen-bond donors (Lipinski definition) is 0. The summed E-state index contributed by atoms with van der Waals surface area (Å²) in [5, 5.41) is 0. The van der Waals surface area contributed by atoms with E-state index in [-0.39, 0.29) is 0 Å². The van der Waals surface area contributed by atoms with Gasteiger partial charge >= 0.3 is 0 Å². The summed E-state index contributed by atoms with van der Waals surface area (Å²) in [7, 11) is 0. The minimum Gasteiger partial charge on any atom is -0.295 e. The van der Waals surface area contributed by atoms with E-state index in [1.165, 1.54) is 43.3 Å². The van der Waals surface area contributed by atoms with E-state index in [2.05, 4.69) is 6.92 Å². The molecule has 1 nitrogen and oxygen atoms in total. The molecule has 0 aliphatic heterocycles. The monoisotopic (exact) mass is 192 g/mol. The third kappa shape index (κ3) is 1.92. The molecular formula is C13H20O. The maximum Gasteiger partial charge on any atom is 0.158 e. The number of allylic oxidation sites excluding steroid dienone is 2. The smallest absolute Gasteiger partial charge is 0.158 e. The van der Waals surface area contributed by atoms with Gasteiger partial charge in [-0.25, -0.2) is 0 Å². The van der Waals surface area contributed by atoms with Gasteiger partial charge in [-0.15, -0.1) is 0 Å². The molecule has 0 spiro atoms. The Kier molecular flexibility index (Phi) is 3.05. The van der Waals surface area contributed by atoms with E-state index in [1.807, 2.05) is 0 Å². The van der Waals surface area contributed by atoms with Gasteiger partial charge in [0.15, 0.2) is 5.78 Å². The van der Waals surface area contributed by atoms with Gasteiger partial charge in [0.1, 0.15) is 0 Å². The average molecular weight is 192 g/mol. The van der Waals surface area contributed by atoms with Crippen molar-refractivity contribution in [3.63, 3.8) is 0 Å². The third-order valence-corrected chi connectivity index (χ3v) is 3.75. The topological polar surface area (TPSA) is 17.1 Å². The highest BCUT2D eigenvalue weighted by Gasteiger charge is 2.25. The van der Waals surface area contributed by atoms with Crippen LogP contribution in [0.2, 0.25) is 0 Å². The van der Waals surface area contributed by atoms with Crippen molar-refractivity contribution in [1.29, 1.82) is 0 Å². The van der Waals surface area contributed by atoms with Crippen molar-refractivity contribution in [3.05, 3.63) is 11.1 Å². The molecule has 0 bridgehead atoms. The number of ketones is 1. The molecule has 0 saturated carbocycles. The van der Waals surface area contributed by atoms with Crippen LogP contribution in [-0.4, -0.2) is 5.78 Å². The standard InChI is InChI=1S/C13H20O/c1-10-8-9-13(14)12-7-5-3-2-4-6-11(10)12/h10H,2-9H2,1H3. The quantitative estimate of drug-likeness (QED) is 0.572. The Balaban J connectivity index is 2.25. The molecule has 1 atom stereocenters. The van der Waals surface area contributed by atoms with Crippen molar-refractivity contribution >= 4 is 5.78 Å². The second kappa shape index (κ2) is 4.29. The van der Waals surface area contributed by atoms with E-state index in [9.17, 15) is 4.79 Å². The number of Topliss-reactive ketones (excluding diaryl/α,β-unsaturated/α-hetero) is 1. The molecule has 0 aromatic carbocycles. The summed E-state index contributed by atoms with van der Waals surface area (Å²) in [4.78, 5) is 11.8.